The zero-order chi connectivity index (χ0) is 8.10. The zero-order valence-electron chi connectivity index (χ0n) is 6.58. The van der Waals surface area contributed by atoms with Gasteiger partial charge < -0.3 is 5.73 Å². The number of nitrogens with two attached hydrogens (primary N) is 1. The Labute approximate surface area is 71.2 Å². The first kappa shape index (κ1) is 8.56. The van der Waals surface area contributed by atoms with Crippen molar-refractivity contribution in [1.82, 2.24) is 4.98 Å². The van der Waals surface area contributed by atoms with Gasteiger partial charge in [-0.3, -0.25) is 4.98 Å². The van der Waals surface area contributed by atoms with Crippen molar-refractivity contribution in [3.8, 4) is 0 Å². The summed E-state index contributed by atoms with van der Waals surface area (Å²) >= 11 is 1.81. The van der Waals surface area contributed by atoms with Crippen molar-refractivity contribution >= 4 is 11.8 Å². The highest BCUT2D eigenvalue weighted by molar-refractivity contribution is 7.99. The molecular weight excluding hydrogens is 156 g/mol. The van der Waals surface area contributed by atoms with E-state index in [1.165, 1.54) is 4.90 Å². The second-order valence-corrected chi connectivity index (χ2v) is 3.43. The van der Waals surface area contributed by atoms with Gasteiger partial charge in [-0.25, -0.2) is 0 Å². The Morgan fingerprint density at radius 2 is 2.45 bits per heavy atom. The average Bonchev–Trinajstić information content (AvgIpc) is 2.06. The molecule has 0 aliphatic heterocycles. The molecule has 0 fully saturated rings. The molecule has 0 radical (unpaired) electrons. The van der Waals surface area contributed by atoms with Crippen molar-refractivity contribution in [2.45, 2.75) is 18.4 Å². The molecule has 0 bridgehead atoms. The molecule has 0 saturated heterocycles. The molecule has 0 unspecified atom stereocenters. The van der Waals surface area contributed by atoms with Gasteiger partial charge in [-0.05, 0) is 17.4 Å². The van der Waals surface area contributed by atoms with E-state index >= 15 is 0 Å². The van der Waals surface area contributed by atoms with Gasteiger partial charge in [-0.15, -0.1) is 11.8 Å². The predicted molar refractivity (Wildman–Crippen MR) is 48.5 cm³/mol. The maximum Gasteiger partial charge on any atom is 0.0323 e. The second kappa shape index (κ2) is 4.36. The van der Waals surface area contributed by atoms with E-state index in [4.69, 9.17) is 5.73 Å². The SMILES string of the molecule is CCSc1ccncc1CN. The van der Waals surface area contributed by atoms with Gasteiger partial charge in [0.25, 0.3) is 0 Å². The zero-order valence-corrected chi connectivity index (χ0v) is 7.40. The molecule has 0 aromatic carbocycles. The van der Waals surface area contributed by atoms with Gasteiger partial charge in [0, 0.05) is 23.8 Å². The number of aromatic nitrogens is 1. The van der Waals surface area contributed by atoms with Crippen LogP contribution in [0.1, 0.15) is 12.5 Å². The number of rotatable bonds is 3. The Hall–Kier alpha value is -0.540. The van der Waals surface area contributed by atoms with E-state index in [-0.39, 0.29) is 0 Å². The lowest BCUT2D eigenvalue weighted by molar-refractivity contribution is 1.00. The molecule has 1 heterocycles. The first-order valence-corrected chi connectivity index (χ1v) is 4.62. The molecule has 2 nitrogen and oxygen atoms in total. The molecular formula is C8H12N2S. The Morgan fingerprint density at radius 1 is 1.64 bits per heavy atom. The van der Waals surface area contributed by atoms with Gasteiger partial charge >= 0.3 is 0 Å². The Kier molecular flexibility index (Phi) is 3.39. The predicted octanol–water partition coefficient (Wildman–Crippen LogP) is 1.65. The lowest BCUT2D eigenvalue weighted by Crippen LogP contribution is -1.98. The van der Waals surface area contributed by atoms with E-state index in [0.717, 1.165) is 11.3 Å². The molecule has 60 valence electrons. The Bertz CT molecular complexity index is 225. The summed E-state index contributed by atoms with van der Waals surface area (Å²) in [6, 6.07) is 2.01. The molecule has 1 aromatic rings. The van der Waals surface area contributed by atoms with Crippen LogP contribution in [0.2, 0.25) is 0 Å². The molecule has 0 saturated carbocycles. The van der Waals surface area contributed by atoms with Crippen molar-refractivity contribution in [3.63, 3.8) is 0 Å². The van der Waals surface area contributed by atoms with Crippen LogP contribution in [-0.2, 0) is 6.54 Å². The van der Waals surface area contributed by atoms with Crippen LogP contribution in [-0.4, -0.2) is 10.7 Å². The summed E-state index contributed by atoms with van der Waals surface area (Å²) in [6.45, 7) is 2.71. The number of nitrogens with zero attached hydrogens (tertiary/aromatic N) is 1. The lowest BCUT2D eigenvalue weighted by atomic mass is 10.3. The Morgan fingerprint density at radius 3 is 3.09 bits per heavy atom. The number of thioether (sulfide) groups is 1. The summed E-state index contributed by atoms with van der Waals surface area (Å²) in [5.41, 5.74) is 6.67. The van der Waals surface area contributed by atoms with Crippen molar-refractivity contribution in [2.24, 2.45) is 5.73 Å². The van der Waals surface area contributed by atoms with Crippen LogP contribution >= 0.6 is 11.8 Å². The standard InChI is InChI=1S/C8H12N2S/c1-2-11-8-3-4-10-6-7(8)5-9/h3-4,6H,2,5,9H2,1H3. The minimum Gasteiger partial charge on any atom is -0.326 e. The fourth-order valence-corrected chi connectivity index (χ4v) is 1.65. The van der Waals surface area contributed by atoms with E-state index in [9.17, 15) is 0 Å². The van der Waals surface area contributed by atoms with Gasteiger partial charge in [0.1, 0.15) is 0 Å². The summed E-state index contributed by atoms with van der Waals surface area (Å²) in [5.74, 6) is 1.08. The first-order valence-electron chi connectivity index (χ1n) is 3.64. The van der Waals surface area contributed by atoms with Crippen molar-refractivity contribution in [3.05, 3.63) is 24.0 Å². The van der Waals surface area contributed by atoms with Crippen molar-refractivity contribution in [2.75, 3.05) is 5.75 Å². The van der Waals surface area contributed by atoms with Gasteiger partial charge in [0.05, 0.1) is 0 Å². The lowest BCUT2D eigenvalue weighted by Gasteiger charge is -2.03. The van der Waals surface area contributed by atoms with Crippen LogP contribution < -0.4 is 5.73 Å². The largest absolute Gasteiger partial charge is 0.326 e. The third-order valence-electron chi connectivity index (χ3n) is 1.38. The maximum atomic E-state index is 5.53. The number of hydrogen-bond acceptors (Lipinski definition) is 3. The van der Waals surface area contributed by atoms with E-state index < -0.39 is 0 Å². The molecule has 1 aromatic heterocycles. The molecule has 0 atom stereocenters. The van der Waals surface area contributed by atoms with Crippen LogP contribution in [0.5, 0.6) is 0 Å². The smallest absolute Gasteiger partial charge is 0.0323 e. The highest BCUT2D eigenvalue weighted by Crippen LogP contribution is 2.20. The average molecular weight is 168 g/mol. The fourth-order valence-electron chi connectivity index (χ4n) is 0.864. The molecule has 2 N–H and O–H groups in total. The van der Waals surface area contributed by atoms with Crippen LogP contribution in [0.25, 0.3) is 0 Å². The fraction of sp³-hybridized carbons (Fsp3) is 0.375. The summed E-state index contributed by atoms with van der Waals surface area (Å²) < 4.78 is 0. The molecule has 3 heteroatoms. The van der Waals surface area contributed by atoms with Crippen LogP contribution in [0.4, 0.5) is 0 Å². The first-order chi connectivity index (χ1) is 5.38. The van der Waals surface area contributed by atoms with E-state index in [0.29, 0.717) is 6.54 Å². The highest BCUT2D eigenvalue weighted by Gasteiger charge is 1.97. The topological polar surface area (TPSA) is 38.9 Å². The third-order valence-corrected chi connectivity index (χ3v) is 2.38. The highest BCUT2D eigenvalue weighted by atomic mass is 32.2. The van der Waals surface area contributed by atoms with Gasteiger partial charge in [0.15, 0.2) is 0 Å². The monoisotopic (exact) mass is 168 g/mol. The van der Waals surface area contributed by atoms with Gasteiger partial charge in [0.2, 0.25) is 0 Å². The summed E-state index contributed by atoms with van der Waals surface area (Å²) in [5, 5.41) is 0. The molecule has 0 spiro atoms. The second-order valence-electron chi connectivity index (χ2n) is 2.12. The van der Waals surface area contributed by atoms with Crippen LogP contribution in [0.3, 0.4) is 0 Å². The molecule has 11 heavy (non-hydrogen) atoms. The molecule has 0 aliphatic rings. The van der Waals surface area contributed by atoms with Crippen molar-refractivity contribution < 1.29 is 0 Å². The van der Waals surface area contributed by atoms with Gasteiger partial charge in [-0.1, -0.05) is 6.92 Å². The molecule has 1 rings (SSSR count). The van der Waals surface area contributed by atoms with Crippen molar-refractivity contribution in [1.29, 1.82) is 0 Å². The summed E-state index contributed by atoms with van der Waals surface area (Å²) in [7, 11) is 0. The number of pyridine rings is 1. The van der Waals surface area contributed by atoms with Crippen LogP contribution in [0, 0.1) is 0 Å². The van der Waals surface area contributed by atoms with E-state index in [1.54, 1.807) is 18.0 Å². The minimum atomic E-state index is 0.580. The number of hydrogen-bond donors (Lipinski definition) is 1. The minimum absolute atomic E-state index is 0.580. The Balaban J connectivity index is 2.83. The van der Waals surface area contributed by atoms with E-state index in [2.05, 4.69) is 11.9 Å². The molecule has 0 amide bonds. The third kappa shape index (κ3) is 2.20. The van der Waals surface area contributed by atoms with Gasteiger partial charge in [-0.2, -0.15) is 0 Å². The van der Waals surface area contributed by atoms with E-state index in [1.807, 2.05) is 12.3 Å². The maximum absolute atomic E-state index is 5.53. The normalized spacial score (nSPS) is 10.0. The molecule has 0 aliphatic carbocycles. The van der Waals surface area contributed by atoms with Crippen LogP contribution in [0.15, 0.2) is 23.4 Å². The quantitative estimate of drug-likeness (QED) is 0.697. The summed E-state index contributed by atoms with van der Waals surface area (Å²) in [6.07, 6.45) is 3.63. The summed E-state index contributed by atoms with van der Waals surface area (Å²) in [4.78, 5) is 5.26.